The highest BCUT2D eigenvalue weighted by molar-refractivity contribution is 6.74. The molecule has 0 aromatic heterocycles. The summed E-state index contributed by atoms with van der Waals surface area (Å²) in [6, 6.07) is 0. The predicted octanol–water partition coefficient (Wildman–Crippen LogP) is 8.22. The largest absolute Gasteiger partial charge is 0.414 e. The monoisotopic (exact) mass is 396 g/mol. The summed E-state index contributed by atoms with van der Waals surface area (Å²) < 4.78 is 6.76. The van der Waals surface area contributed by atoms with Crippen molar-refractivity contribution >= 4 is 14.6 Å². The van der Waals surface area contributed by atoms with E-state index in [-0.39, 0.29) is 0 Å². The molecule has 0 amide bonds. The lowest BCUT2D eigenvalue weighted by molar-refractivity contribution is -0.107. The number of unbranched alkanes of at least 4 members (excludes halogenated alkanes) is 8. The molecule has 0 rings (SSSR count). The smallest absolute Gasteiger partial charge is 0.192 e. The highest BCUT2D eigenvalue weighted by atomic mass is 28.4. The molecule has 0 radical (unpaired) electrons. The van der Waals surface area contributed by atoms with E-state index in [2.05, 4.69) is 52.9 Å². The second-order valence-corrected chi connectivity index (χ2v) is 14.3. The number of carbonyl (C=O) groups excluding carboxylic acids is 1. The first kappa shape index (κ1) is 26.6. The molecule has 0 aromatic carbocycles. The molecule has 0 spiro atoms. The van der Waals surface area contributed by atoms with Crippen LogP contribution in [0.1, 0.15) is 111 Å². The zero-order valence-corrected chi connectivity index (χ0v) is 20.3. The summed E-state index contributed by atoms with van der Waals surface area (Å²) in [6.45, 7) is 14.1. The average molecular weight is 397 g/mol. The third kappa shape index (κ3) is 14.3. The van der Waals surface area contributed by atoms with Crippen LogP contribution in [0.5, 0.6) is 0 Å². The summed E-state index contributed by atoms with van der Waals surface area (Å²) >= 11 is 0. The number of rotatable bonds is 17. The normalized spacial score (nSPS) is 14.0. The minimum atomic E-state index is -1.67. The van der Waals surface area contributed by atoms with Crippen molar-refractivity contribution in [3.8, 4) is 0 Å². The highest BCUT2D eigenvalue weighted by Crippen LogP contribution is 2.38. The first-order valence-electron chi connectivity index (χ1n) is 11.5. The van der Waals surface area contributed by atoms with Crippen LogP contribution in [0.3, 0.4) is 0 Å². The molecule has 2 nitrogen and oxygen atoms in total. The summed E-state index contributed by atoms with van der Waals surface area (Å²) in [5, 5.41) is 0.296. The summed E-state index contributed by atoms with van der Waals surface area (Å²) in [4.78, 5) is 10.3. The van der Waals surface area contributed by atoms with Gasteiger partial charge in [-0.2, -0.15) is 0 Å². The third-order valence-corrected chi connectivity index (χ3v) is 10.4. The molecule has 3 heteroatoms. The minimum absolute atomic E-state index is 0.296. The van der Waals surface area contributed by atoms with Crippen molar-refractivity contribution in [3.63, 3.8) is 0 Å². The van der Waals surface area contributed by atoms with Crippen molar-refractivity contribution in [3.05, 3.63) is 12.2 Å². The van der Waals surface area contributed by atoms with Crippen molar-refractivity contribution in [1.82, 2.24) is 0 Å². The van der Waals surface area contributed by atoms with Crippen molar-refractivity contribution in [2.45, 2.75) is 135 Å². The Morgan fingerprint density at radius 1 is 0.815 bits per heavy atom. The molecule has 0 aliphatic heterocycles. The minimum Gasteiger partial charge on any atom is -0.414 e. The van der Waals surface area contributed by atoms with Gasteiger partial charge in [0.25, 0.3) is 0 Å². The first-order chi connectivity index (χ1) is 12.7. The molecule has 1 unspecified atom stereocenters. The molecule has 0 bridgehead atoms. The van der Waals surface area contributed by atoms with Crippen LogP contribution < -0.4 is 0 Å². The lowest BCUT2D eigenvalue weighted by atomic mass is 10.0. The number of hydrogen-bond acceptors (Lipinski definition) is 2. The Hall–Kier alpha value is -0.413. The fourth-order valence-corrected chi connectivity index (χ4v) is 4.46. The quantitative estimate of drug-likeness (QED) is 0.107. The molecular weight excluding hydrogens is 348 g/mol. The average Bonchev–Trinajstić information content (AvgIpc) is 2.58. The van der Waals surface area contributed by atoms with Gasteiger partial charge in [-0.1, -0.05) is 84.8 Å². The van der Waals surface area contributed by atoms with Crippen LogP contribution in [-0.4, -0.2) is 20.7 Å². The molecule has 0 aliphatic rings. The maximum atomic E-state index is 10.3. The van der Waals surface area contributed by atoms with E-state index in [0.29, 0.717) is 17.6 Å². The second kappa shape index (κ2) is 15.5. The van der Waals surface area contributed by atoms with E-state index in [4.69, 9.17) is 4.43 Å². The Kier molecular flexibility index (Phi) is 15.3. The molecule has 0 N–H and O–H groups in total. The second-order valence-electron chi connectivity index (χ2n) is 9.56. The molecule has 0 saturated heterocycles. The van der Waals surface area contributed by atoms with Crippen molar-refractivity contribution in [1.29, 1.82) is 0 Å². The zero-order chi connectivity index (χ0) is 20.6. The Bertz CT molecular complexity index is 382. The Labute approximate surface area is 171 Å². The van der Waals surface area contributed by atoms with Gasteiger partial charge in [0.05, 0.1) is 0 Å². The predicted molar refractivity (Wildman–Crippen MR) is 123 cm³/mol. The fraction of sp³-hybridized carbons (Fsp3) is 0.875. The van der Waals surface area contributed by atoms with Crippen LogP contribution >= 0.6 is 0 Å². The molecular formula is C24H48O2Si. The lowest BCUT2D eigenvalue weighted by Gasteiger charge is -2.39. The van der Waals surface area contributed by atoms with Crippen LogP contribution in [0, 0.1) is 0 Å². The molecule has 0 saturated carbocycles. The van der Waals surface area contributed by atoms with Crippen LogP contribution in [-0.2, 0) is 9.22 Å². The van der Waals surface area contributed by atoms with E-state index in [1.165, 1.54) is 64.2 Å². The fourth-order valence-electron chi connectivity index (χ4n) is 3.04. The van der Waals surface area contributed by atoms with Gasteiger partial charge in [0.2, 0.25) is 0 Å². The molecule has 0 heterocycles. The first-order valence-corrected chi connectivity index (χ1v) is 14.4. The standard InChI is InChI=1S/C24H48O2Si/c1-7-8-9-17-20-23(26-27(5,6)24(2,3)4)21-18-15-13-11-10-12-14-16-19-22-25/h12,14,22-23H,7-11,13,15-21H2,1-6H3/b14-12+. The maximum Gasteiger partial charge on any atom is 0.192 e. The summed E-state index contributed by atoms with van der Waals surface area (Å²) in [7, 11) is -1.67. The summed E-state index contributed by atoms with van der Waals surface area (Å²) in [5.41, 5.74) is 0. The zero-order valence-electron chi connectivity index (χ0n) is 19.3. The van der Waals surface area contributed by atoms with Crippen LogP contribution in [0.25, 0.3) is 0 Å². The van der Waals surface area contributed by atoms with E-state index in [1.807, 2.05) is 0 Å². The molecule has 0 aromatic rings. The molecule has 27 heavy (non-hydrogen) atoms. The van der Waals surface area contributed by atoms with Gasteiger partial charge in [-0.05, 0) is 50.2 Å². The van der Waals surface area contributed by atoms with Gasteiger partial charge in [0.1, 0.15) is 6.29 Å². The van der Waals surface area contributed by atoms with E-state index in [9.17, 15) is 4.79 Å². The van der Waals surface area contributed by atoms with E-state index in [1.54, 1.807) is 0 Å². The molecule has 1 atom stereocenters. The van der Waals surface area contributed by atoms with Crippen molar-refractivity contribution in [2.75, 3.05) is 0 Å². The van der Waals surface area contributed by atoms with Gasteiger partial charge in [0, 0.05) is 12.5 Å². The van der Waals surface area contributed by atoms with Crippen LogP contribution in [0.4, 0.5) is 0 Å². The Morgan fingerprint density at radius 3 is 1.93 bits per heavy atom. The van der Waals surface area contributed by atoms with E-state index in [0.717, 1.165) is 19.1 Å². The van der Waals surface area contributed by atoms with Gasteiger partial charge in [-0.3, -0.25) is 0 Å². The van der Waals surface area contributed by atoms with Crippen molar-refractivity contribution in [2.24, 2.45) is 0 Å². The lowest BCUT2D eigenvalue weighted by Crippen LogP contribution is -2.44. The number of carbonyl (C=O) groups is 1. The van der Waals surface area contributed by atoms with Gasteiger partial charge in [-0.25, -0.2) is 0 Å². The Balaban J connectivity index is 4.16. The third-order valence-electron chi connectivity index (χ3n) is 5.91. The Morgan fingerprint density at radius 2 is 1.37 bits per heavy atom. The van der Waals surface area contributed by atoms with Gasteiger partial charge >= 0.3 is 0 Å². The van der Waals surface area contributed by atoms with Crippen molar-refractivity contribution < 1.29 is 9.22 Å². The van der Waals surface area contributed by atoms with Gasteiger partial charge in [0.15, 0.2) is 8.32 Å². The molecule has 160 valence electrons. The van der Waals surface area contributed by atoms with Crippen LogP contribution in [0.2, 0.25) is 18.1 Å². The summed E-state index contributed by atoms with van der Waals surface area (Å²) in [6.07, 6.45) is 21.5. The summed E-state index contributed by atoms with van der Waals surface area (Å²) in [5.74, 6) is 0. The number of hydrogen-bond donors (Lipinski definition) is 0. The van der Waals surface area contributed by atoms with E-state index >= 15 is 0 Å². The highest BCUT2D eigenvalue weighted by Gasteiger charge is 2.38. The maximum absolute atomic E-state index is 10.3. The number of aldehydes is 1. The molecule has 0 fully saturated rings. The molecule has 0 aliphatic carbocycles. The number of allylic oxidation sites excluding steroid dienone is 2. The SMILES string of the molecule is CCCCCCC(CCCCCC/C=C/CCC=O)O[Si](C)(C)C(C)(C)C. The van der Waals surface area contributed by atoms with E-state index < -0.39 is 8.32 Å². The van der Waals surface area contributed by atoms with Gasteiger partial charge in [-0.15, -0.1) is 0 Å². The van der Waals surface area contributed by atoms with Crippen LogP contribution in [0.15, 0.2) is 12.2 Å². The van der Waals surface area contributed by atoms with Gasteiger partial charge < -0.3 is 9.22 Å². The topological polar surface area (TPSA) is 26.3 Å².